The highest BCUT2D eigenvalue weighted by Gasteiger charge is 2.42. The van der Waals surface area contributed by atoms with Gasteiger partial charge in [-0.25, -0.2) is 18.8 Å². The van der Waals surface area contributed by atoms with Crippen LogP contribution in [0.5, 0.6) is 11.5 Å². The first-order valence-corrected chi connectivity index (χ1v) is 11.4. The molecule has 0 spiro atoms. The molecule has 1 aromatic heterocycles. The molecule has 0 unspecified atom stereocenters. The summed E-state index contributed by atoms with van der Waals surface area (Å²) in [5.74, 6) is 0.346. The van der Waals surface area contributed by atoms with Gasteiger partial charge in [0.2, 0.25) is 20.8 Å². The number of aromatic nitrogens is 2. The Morgan fingerprint density at radius 3 is 2.42 bits per heavy atom. The van der Waals surface area contributed by atoms with Crippen LogP contribution < -0.4 is 19.8 Å². The molecular weight excluding hydrogens is 422 g/mol. The van der Waals surface area contributed by atoms with Crippen LogP contribution in [0.1, 0.15) is 33.4 Å². The second kappa shape index (κ2) is 7.26. The van der Waals surface area contributed by atoms with Gasteiger partial charge in [-0.3, -0.25) is 4.79 Å². The number of carbonyl (C=O) groups is 1. The number of hydrogen-bond donors (Lipinski definition) is 1. The second-order valence-corrected chi connectivity index (χ2v) is 10.2. The van der Waals surface area contributed by atoms with E-state index < -0.39 is 20.8 Å². The minimum absolute atomic E-state index is 0.0472. The van der Waals surface area contributed by atoms with Gasteiger partial charge in [0, 0.05) is 37.3 Å². The number of benzene rings is 1. The lowest BCUT2D eigenvalue weighted by molar-refractivity contribution is -0.112. The van der Waals surface area contributed by atoms with Crippen molar-refractivity contribution in [2.75, 3.05) is 30.1 Å². The van der Waals surface area contributed by atoms with Crippen molar-refractivity contribution in [2.45, 2.75) is 38.0 Å². The number of hydrogen-bond acceptors (Lipinski definition) is 8. The maximum Gasteiger partial charge on any atom is 0.290 e. The lowest BCUT2D eigenvalue weighted by atomic mass is 9.93. The summed E-state index contributed by atoms with van der Waals surface area (Å²) in [5.41, 5.74) is 3.52. The summed E-state index contributed by atoms with van der Waals surface area (Å²) in [6.07, 6.45) is 1.83. The third-order valence-corrected chi connectivity index (χ3v) is 6.79. The van der Waals surface area contributed by atoms with Crippen LogP contribution in [0, 0.1) is 0 Å². The highest BCUT2D eigenvalue weighted by Crippen LogP contribution is 2.42. The molecule has 0 radical (unpaired) electrons. The van der Waals surface area contributed by atoms with Gasteiger partial charge in [0.25, 0.3) is 5.91 Å². The van der Waals surface area contributed by atoms with E-state index in [0.29, 0.717) is 30.7 Å². The number of carbonyl (C=O) groups excluding carboxylic acids is 1. The Bertz CT molecular complexity index is 1190. The largest absolute Gasteiger partial charge is 0.486 e. The molecule has 0 saturated carbocycles. The number of hydrazone groups is 1. The summed E-state index contributed by atoms with van der Waals surface area (Å²) in [7, 11) is -2.43. The van der Waals surface area contributed by atoms with Crippen LogP contribution in [0.2, 0.25) is 0 Å². The van der Waals surface area contributed by atoms with E-state index in [0.717, 1.165) is 5.69 Å². The molecule has 10 nitrogen and oxygen atoms in total. The van der Waals surface area contributed by atoms with Crippen molar-refractivity contribution in [3.8, 4) is 11.5 Å². The normalized spacial score (nSPS) is 18.8. The van der Waals surface area contributed by atoms with E-state index in [9.17, 15) is 13.2 Å². The fourth-order valence-electron chi connectivity index (χ4n) is 3.38. The Hall–Kier alpha value is -3.08. The van der Waals surface area contributed by atoms with E-state index in [4.69, 9.17) is 9.47 Å². The quantitative estimate of drug-likeness (QED) is 0.716. The second-order valence-electron chi connectivity index (χ2n) is 8.36. The molecule has 0 aliphatic carbocycles. The molecule has 0 atom stereocenters. The third-order valence-electron chi connectivity index (χ3n) is 5.11. The smallest absolute Gasteiger partial charge is 0.290 e. The number of sulfone groups is 1. The topological polar surface area (TPSA) is 115 Å². The predicted octanol–water partition coefficient (Wildman–Crippen LogP) is 2.05. The molecule has 166 valence electrons. The zero-order valence-corrected chi connectivity index (χ0v) is 18.9. The molecular formula is C20H25N5O5S. The molecule has 2 aliphatic heterocycles. The predicted molar refractivity (Wildman–Crippen MR) is 116 cm³/mol. The lowest BCUT2D eigenvalue weighted by Crippen LogP contribution is -2.45. The summed E-state index contributed by atoms with van der Waals surface area (Å²) < 4.78 is 39.4. The van der Waals surface area contributed by atoms with Crippen LogP contribution in [0.3, 0.4) is 0 Å². The maximum absolute atomic E-state index is 13.3. The standard InChI is InChI=1S/C20H25N5O5S/c1-6-25-12-9-13-14(30-8-7-29-13)10-15(12)31(27,28)17(18(25)26)22-23-19-21-16(11-24(19)5)20(2,3)4/h9-11H,6-8H2,1-5H3,(H,21,23). The van der Waals surface area contributed by atoms with Crippen molar-refractivity contribution in [1.29, 1.82) is 0 Å². The molecule has 0 bridgehead atoms. The average Bonchev–Trinajstić information content (AvgIpc) is 3.08. The van der Waals surface area contributed by atoms with Gasteiger partial charge in [-0.15, -0.1) is 0 Å². The van der Waals surface area contributed by atoms with E-state index in [1.165, 1.54) is 17.0 Å². The SMILES string of the molecule is CCN1C(=O)C(=NNc2nc(C(C)(C)C)cn2C)S(=O)(=O)c2cc3c(cc21)OCCO3. The van der Waals surface area contributed by atoms with E-state index in [2.05, 4.69) is 15.5 Å². The fourth-order valence-corrected chi connectivity index (χ4v) is 4.80. The zero-order chi connectivity index (χ0) is 22.6. The Kier molecular flexibility index (Phi) is 4.95. The number of nitrogens with zero attached hydrogens (tertiary/aromatic N) is 4. The summed E-state index contributed by atoms with van der Waals surface area (Å²) in [4.78, 5) is 18.8. The molecule has 0 saturated heterocycles. The molecule has 11 heteroatoms. The highest BCUT2D eigenvalue weighted by atomic mass is 32.2. The van der Waals surface area contributed by atoms with E-state index in [1.807, 2.05) is 27.0 Å². The van der Waals surface area contributed by atoms with Gasteiger partial charge < -0.3 is 18.9 Å². The summed E-state index contributed by atoms with van der Waals surface area (Å²) in [5, 5.41) is 3.39. The van der Waals surface area contributed by atoms with Crippen LogP contribution in [0.25, 0.3) is 0 Å². The molecule has 2 aliphatic rings. The fraction of sp³-hybridized carbons (Fsp3) is 0.450. The highest BCUT2D eigenvalue weighted by molar-refractivity contribution is 8.08. The molecule has 1 aromatic carbocycles. The number of amides is 1. The van der Waals surface area contributed by atoms with Crippen molar-refractivity contribution in [3.05, 3.63) is 24.0 Å². The number of rotatable bonds is 3. The number of nitrogens with one attached hydrogen (secondary N) is 1. The van der Waals surface area contributed by atoms with Crippen LogP contribution in [0.15, 0.2) is 28.3 Å². The van der Waals surface area contributed by atoms with Gasteiger partial charge in [0.15, 0.2) is 11.5 Å². The van der Waals surface area contributed by atoms with Gasteiger partial charge in [0.05, 0.1) is 11.4 Å². The molecule has 0 fully saturated rings. The van der Waals surface area contributed by atoms with Crippen molar-refractivity contribution in [1.82, 2.24) is 9.55 Å². The first-order valence-electron chi connectivity index (χ1n) is 9.92. The Labute approximate surface area is 180 Å². The summed E-state index contributed by atoms with van der Waals surface area (Å²) in [6.45, 7) is 8.75. The molecule has 3 heterocycles. The average molecular weight is 448 g/mol. The van der Waals surface area contributed by atoms with Crippen LogP contribution in [-0.4, -0.2) is 48.7 Å². The van der Waals surface area contributed by atoms with E-state index in [1.54, 1.807) is 18.5 Å². The zero-order valence-electron chi connectivity index (χ0n) is 18.1. The Morgan fingerprint density at radius 2 is 1.84 bits per heavy atom. The lowest BCUT2D eigenvalue weighted by Gasteiger charge is -2.30. The number of fused-ring (bicyclic) bond motifs is 2. The first kappa shape index (κ1) is 21.2. The Balaban J connectivity index is 1.78. The molecule has 4 rings (SSSR count). The van der Waals surface area contributed by atoms with Gasteiger partial charge in [-0.05, 0) is 6.92 Å². The van der Waals surface area contributed by atoms with Crippen LogP contribution in [0.4, 0.5) is 11.6 Å². The third kappa shape index (κ3) is 3.52. The van der Waals surface area contributed by atoms with E-state index in [-0.39, 0.29) is 22.5 Å². The van der Waals surface area contributed by atoms with Gasteiger partial charge >= 0.3 is 0 Å². The molecule has 31 heavy (non-hydrogen) atoms. The number of ether oxygens (including phenoxy) is 2. The van der Waals surface area contributed by atoms with Crippen molar-refractivity contribution in [2.24, 2.45) is 12.1 Å². The van der Waals surface area contributed by atoms with Crippen molar-refractivity contribution in [3.63, 3.8) is 0 Å². The van der Waals surface area contributed by atoms with Gasteiger partial charge in [-0.2, -0.15) is 5.10 Å². The summed E-state index contributed by atoms with van der Waals surface area (Å²) >= 11 is 0. The molecule has 1 amide bonds. The summed E-state index contributed by atoms with van der Waals surface area (Å²) in [6, 6.07) is 2.92. The maximum atomic E-state index is 13.3. The number of anilines is 2. The van der Waals surface area contributed by atoms with Gasteiger partial charge in [-0.1, -0.05) is 20.8 Å². The van der Waals surface area contributed by atoms with Crippen LogP contribution in [-0.2, 0) is 27.1 Å². The number of imidazole rings is 1. The molecule has 2 aromatic rings. The first-order chi connectivity index (χ1) is 14.5. The van der Waals surface area contributed by atoms with Gasteiger partial charge in [0.1, 0.15) is 18.1 Å². The van der Waals surface area contributed by atoms with Crippen molar-refractivity contribution < 1.29 is 22.7 Å². The Morgan fingerprint density at radius 1 is 1.19 bits per heavy atom. The number of aryl methyl sites for hydroxylation is 1. The minimum Gasteiger partial charge on any atom is -0.486 e. The van der Waals surface area contributed by atoms with E-state index >= 15 is 0 Å². The minimum atomic E-state index is -4.19. The van der Waals surface area contributed by atoms with Crippen molar-refractivity contribution >= 4 is 32.4 Å². The monoisotopic (exact) mass is 447 g/mol. The van der Waals surface area contributed by atoms with Crippen LogP contribution >= 0.6 is 0 Å². The molecule has 1 N–H and O–H groups in total.